The molecular formula is C18H17N4Na2O10S2+. The molecule has 0 aromatic carbocycles. The summed E-state index contributed by atoms with van der Waals surface area (Å²) in [5, 5.41) is 24.7. The number of nitrogen functional groups attached to an aromatic ring is 1. The molecule has 0 saturated carbocycles. The van der Waals surface area contributed by atoms with Gasteiger partial charge in [-0.1, -0.05) is 5.16 Å². The summed E-state index contributed by atoms with van der Waals surface area (Å²) in [4.78, 5) is 70.2. The molecule has 3 saturated heterocycles. The quantitative estimate of drug-likeness (QED) is 0.0997. The molecule has 0 radical (unpaired) electrons. The molecule has 0 spiro atoms. The van der Waals surface area contributed by atoms with Crippen LogP contribution in [0.5, 0.6) is 0 Å². The van der Waals surface area contributed by atoms with E-state index in [9.17, 15) is 33.3 Å². The molecule has 1 aromatic heterocycles. The summed E-state index contributed by atoms with van der Waals surface area (Å²) in [7, 11) is -1.79. The van der Waals surface area contributed by atoms with Gasteiger partial charge in [0.05, 0.1) is 12.3 Å². The van der Waals surface area contributed by atoms with Crippen molar-refractivity contribution in [2.75, 3.05) is 11.5 Å². The molecule has 0 aliphatic carbocycles. The van der Waals surface area contributed by atoms with Crippen LogP contribution in [0.25, 0.3) is 0 Å². The normalized spacial score (nSPS) is 29.4. The number of ketones is 1. The number of oxime groups is 1. The van der Waals surface area contributed by atoms with Gasteiger partial charge in [-0.05, 0) is 6.92 Å². The van der Waals surface area contributed by atoms with Crippen LogP contribution in [0.3, 0.4) is 0 Å². The molecule has 182 valence electrons. The number of thiazole rings is 1. The van der Waals surface area contributed by atoms with Crippen molar-refractivity contribution in [1.29, 1.82) is 0 Å². The molecule has 3 aliphatic heterocycles. The number of rotatable bonds is 8. The van der Waals surface area contributed by atoms with Gasteiger partial charge in [-0.15, -0.1) is 11.3 Å². The number of ether oxygens (including phenoxy) is 1. The standard InChI is InChI=1S/C18H18N4O10S2.2Na/c1-6(15(26)27)32-21-12(9-4-33-17(19)20-9)10(23)3-8-13(25)22-14(8)34(30)5-7-2-11(24)31-18(7,22)16(28)29;;/h4,6-8,14H,2-3,5H2,1H3,(H2,19,20)(H,26,27)(H,28,29);;/q;2*+1/p-1/b21-12-;;/t6-,7+,8-,14-,18-,34+;;/m1../s1. The van der Waals surface area contributed by atoms with E-state index < -0.39 is 81.6 Å². The molecule has 4 rings (SSSR count). The number of β-lactam (4-membered cyclic amide) rings is 1. The first-order valence-corrected chi connectivity index (χ1v) is 12.1. The van der Waals surface area contributed by atoms with Crippen molar-refractivity contribution < 1.29 is 107 Å². The smallest absolute Gasteiger partial charge is 0.544 e. The fourth-order valence-electron chi connectivity index (χ4n) is 4.14. The van der Waals surface area contributed by atoms with E-state index in [1.54, 1.807) is 0 Å². The molecule has 3 N–H and O–H groups in total. The van der Waals surface area contributed by atoms with Gasteiger partial charge in [0, 0.05) is 34.3 Å². The van der Waals surface area contributed by atoms with Gasteiger partial charge in [-0.3, -0.25) is 23.5 Å². The first kappa shape index (κ1) is 30.8. The van der Waals surface area contributed by atoms with E-state index in [0.29, 0.717) is 0 Å². The molecule has 3 aliphatic rings. The fraction of sp³-hybridized carbons (Fsp3) is 0.500. The number of aliphatic carboxylic acids is 2. The maximum Gasteiger partial charge on any atom is 1.00 e. The molecule has 6 atom stereocenters. The number of nitrogens with zero attached hydrogens (tertiary/aromatic N) is 3. The van der Waals surface area contributed by atoms with Crippen molar-refractivity contribution in [3.63, 3.8) is 0 Å². The Balaban J connectivity index is 0.00000228. The molecule has 18 heteroatoms. The van der Waals surface area contributed by atoms with Crippen LogP contribution < -0.4 is 70.0 Å². The maximum atomic E-state index is 13.0. The first-order valence-electron chi connectivity index (χ1n) is 9.82. The van der Waals surface area contributed by atoms with E-state index >= 15 is 0 Å². The van der Waals surface area contributed by atoms with Gasteiger partial charge in [-0.25, -0.2) is 9.78 Å². The zero-order chi connectivity index (χ0) is 24.9. The Morgan fingerprint density at radius 3 is 2.67 bits per heavy atom. The molecular weight excluding hydrogens is 542 g/mol. The zero-order valence-electron chi connectivity index (χ0n) is 19.4. The summed E-state index contributed by atoms with van der Waals surface area (Å²) >= 11 is 0.979. The summed E-state index contributed by atoms with van der Waals surface area (Å²) in [6.07, 6.45) is -2.29. The number of amides is 1. The minimum atomic E-state index is -2.37. The van der Waals surface area contributed by atoms with Crippen LogP contribution in [0.4, 0.5) is 5.13 Å². The summed E-state index contributed by atoms with van der Waals surface area (Å²) in [6.45, 7) is 1.18. The van der Waals surface area contributed by atoms with Gasteiger partial charge in [0.15, 0.2) is 16.6 Å². The second-order valence-corrected chi connectivity index (χ2v) is 10.3. The van der Waals surface area contributed by atoms with Crippen LogP contribution in [-0.2, 0) is 44.3 Å². The van der Waals surface area contributed by atoms with E-state index in [1.807, 2.05) is 0 Å². The number of fused-ring (bicyclic) bond motifs is 3. The number of carboxylic acid groups (broad SMARTS) is 2. The molecule has 1 amide bonds. The average molecular weight is 559 g/mol. The third kappa shape index (κ3) is 5.14. The van der Waals surface area contributed by atoms with Gasteiger partial charge >= 0.3 is 71.1 Å². The van der Waals surface area contributed by atoms with Crippen LogP contribution in [0, 0.1) is 11.8 Å². The second-order valence-electron chi connectivity index (χ2n) is 7.84. The number of carbonyl (C=O) groups is 5. The predicted molar refractivity (Wildman–Crippen MR) is 110 cm³/mol. The molecule has 0 unspecified atom stereocenters. The van der Waals surface area contributed by atoms with Crippen molar-refractivity contribution in [2.24, 2.45) is 17.0 Å². The summed E-state index contributed by atoms with van der Waals surface area (Å²) < 4.78 is 17.8. The predicted octanol–water partition coefficient (Wildman–Crippen LogP) is -8.56. The fourth-order valence-corrected chi connectivity index (χ4v) is 6.69. The average Bonchev–Trinajstić information content (AvgIpc) is 3.33. The molecule has 36 heavy (non-hydrogen) atoms. The van der Waals surface area contributed by atoms with Crippen LogP contribution >= 0.6 is 11.3 Å². The van der Waals surface area contributed by atoms with Gasteiger partial charge in [0.1, 0.15) is 17.0 Å². The summed E-state index contributed by atoms with van der Waals surface area (Å²) in [6, 6.07) is 0. The van der Waals surface area contributed by atoms with E-state index in [2.05, 4.69) is 10.1 Å². The molecule has 3 fully saturated rings. The largest absolute Gasteiger partial charge is 1.00 e. The van der Waals surface area contributed by atoms with E-state index in [1.165, 1.54) is 12.3 Å². The number of hydrogen-bond acceptors (Lipinski definition) is 13. The number of aromatic nitrogens is 1. The van der Waals surface area contributed by atoms with Crippen molar-refractivity contribution in [3.8, 4) is 0 Å². The molecule has 4 heterocycles. The molecule has 14 nitrogen and oxygen atoms in total. The number of esters is 1. The van der Waals surface area contributed by atoms with Crippen LogP contribution in [-0.4, -0.2) is 77.5 Å². The number of carbonyl (C=O) groups excluding carboxylic acids is 4. The number of carboxylic acids is 2. The van der Waals surface area contributed by atoms with Gasteiger partial charge in [-0.2, -0.15) is 0 Å². The Bertz CT molecular complexity index is 1180. The third-order valence-corrected chi connectivity index (χ3v) is 8.24. The number of hydrogen-bond donors (Lipinski definition) is 2. The Hall–Kier alpha value is -1.40. The van der Waals surface area contributed by atoms with E-state index in [4.69, 9.17) is 20.4 Å². The van der Waals surface area contributed by atoms with Crippen LogP contribution in [0.15, 0.2) is 10.5 Å². The van der Waals surface area contributed by atoms with E-state index in [0.717, 1.165) is 16.2 Å². The molecule has 1 aromatic rings. The minimum absolute atomic E-state index is 0. The Kier molecular flexibility index (Phi) is 9.89. The van der Waals surface area contributed by atoms with Gasteiger partial charge < -0.3 is 30.3 Å². The number of Topliss-reactive ketones (excluding diaryl/α,β-unsaturated/α-hetero) is 1. The van der Waals surface area contributed by atoms with Crippen molar-refractivity contribution in [3.05, 3.63) is 11.1 Å². The monoisotopic (exact) mass is 559 g/mol. The van der Waals surface area contributed by atoms with Crippen LogP contribution in [0.1, 0.15) is 25.5 Å². The number of anilines is 1. The minimum Gasteiger partial charge on any atom is -0.544 e. The van der Waals surface area contributed by atoms with Crippen molar-refractivity contribution in [1.82, 2.24) is 9.88 Å². The zero-order valence-corrected chi connectivity index (χ0v) is 25.0. The number of nitrogens with two attached hydrogens (primary N) is 1. The van der Waals surface area contributed by atoms with Gasteiger partial charge in [0.2, 0.25) is 17.7 Å². The topological polar surface area (TPSA) is 219 Å². The molecule has 0 bridgehead atoms. The summed E-state index contributed by atoms with van der Waals surface area (Å²) in [5.74, 6) is -8.14. The maximum absolute atomic E-state index is 13.0. The van der Waals surface area contributed by atoms with Crippen molar-refractivity contribution in [2.45, 2.75) is 37.0 Å². The van der Waals surface area contributed by atoms with E-state index in [-0.39, 0.29) is 82.1 Å². The Labute approximate surface area is 254 Å². The van der Waals surface area contributed by atoms with Gasteiger partial charge in [0.25, 0.3) is 0 Å². The SMILES string of the molecule is C[C@@H](O/N=C(\C(=O)C[C@@H]1C(=O)N2[C@@H]1[S@@](=O)C[C@@H]1CC(=O)O[C@@]12C(=O)[O-])c1csc(N)n1)C(=O)O.[Na+].[Na+]. The summed E-state index contributed by atoms with van der Waals surface area (Å²) in [5.41, 5.74) is 2.80. The Morgan fingerprint density at radius 2 is 2.11 bits per heavy atom. The van der Waals surface area contributed by atoms with Crippen molar-refractivity contribution >= 4 is 62.6 Å². The second kappa shape index (κ2) is 11.6. The first-order chi connectivity index (χ1) is 16.0. The van der Waals surface area contributed by atoms with Crippen LogP contribution in [0.2, 0.25) is 0 Å². The third-order valence-electron chi connectivity index (χ3n) is 5.76. The Morgan fingerprint density at radius 1 is 1.44 bits per heavy atom.